The molecule has 1 aromatic carbocycles. The zero-order valence-corrected chi connectivity index (χ0v) is 10.1. The minimum atomic E-state index is -0.118. The fourth-order valence-electron chi connectivity index (χ4n) is 1.46. The highest BCUT2D eigenvalue weighted by atomic mass is 16.5. The van der Waals surface area contributed by atoms with Gasteiger partial charge in [-0.25, -0.2) is 0 Å². The van der Waals surface area contributed by atoms with Crippen molar-refractivity contribution in [2.45, 2.75) is 26.3 Å². The van der Waals surface area contributed by atoms with Gasteiger partial charge in [-0.3, -0.25) is 0 Å². The van der Waals surface area contributed by atoms with Crippen molar-refractivity contribution in [3.05, 3.63) is 29.8 Å². The first-order chi connectivity index (χ1) is 7.79. The maximum Gasteiger partial charge on any atom is 0.124 e. The lowest BCUT2D eigenvalue weighted by molar-refractivity contribution is 0.132. The predicted molar refractivity (Wildman–Crippen MR) is 65.6 cm³/mol. The molecule has 1 unspecified atom stereocenters. The molecule has 1 atom stereocenters. The van der Waals surface area contributed by atoms with Crippen LogP contribution in [0.25, 0.3) is 0 Å². The molecule has 0 amide bonds. The van der Waals surface area contributed by atoms with Crippen molar-refractivity contribution in [1.82, 2.24) is 0 Å². The van der Waals surface area contributed by atoms with E-state index < -0.39 is 0 Å². The molecule has 16 heavy (non-hydrogen) atoms. The summed E-state index contributed by atoms with van der Waals surface area (Å²) in [5.41, 5.74) is 7.07. The number of nitrogens with two attached hydrogens (primary N) is 1. The molecule has 0 aliphatic heterocycles. The lowest BCUT2D eigenvalue weighted by atomic mass is 10.1. The van der Waals surface area contributed by atoms with Crippen LogP contribution < -0.4 is 10.5 Å². The second kappa shape index (κ2) is 7.25. The van der Waals surface area contributed by atoms with E-state index in [0.717, 1.165) is 24.3 Å². The first kappa shape index (κ1) is 13.0. The van der Waals surface area contributed by atoms with Gasteiger partial charge in [0, 0.05) is 12.2 Å². The zero-order chi connectivity index (χ0) is 11.8. The molecule has 0 spiro atoms. The highest BCUT2D eigenvalue weighted by Gasteiger charge is 2.11. The van der Waals surface area contributed by atoms with Crippen LogP contribution in [0.5, 0.6) is 5.75 Å². The Morgan fingerprint density at radius 3 is 2.69 bits per heavy atom. The summed E-state index contributed by atoms with van der Waals surface area (Å²) in [5.74, 6) is 0.872. The number of benzene rings is 1. The number of ether oxygens (including phenoxy) is 2. The summed E-state index contributed by atoms with van der Waals surface area (Å²) in [7, 11) is 0. The van der Waals surface area contributed by atoms with Crippen molar-refractivity contribution in [3.8, 4) is 5.75 Å². The molecule has 90 valence electrons. The van der Waals surface area contributed by atoms with E-state index in [-0.39, 0.29) is 6.04 Å². The highest BCUT2D eigenvalue weighted by molar-refractivity contribution is 5.35. The minimum absolute atomic E-state index is 0.118. The van der Waals surface area contributed by atoms with Gasteiger partial charge in [0.25, 0.3) is 0 Å². The van der Waals surface area contributed by atoms with Gasteiger partial charge < -0.3 is 15.2 Å². The summed E-state index contributed by atoms with van der Waals surface area (Å²) < 4.78 is 11.0. The molecule has 0 aliphatic carbocycles. The quantitative estimate of drug-likeness (QED) is 0.772. The van der Waals surface area contributed by atoms with Crippen molar-refractivity contribution >= 4 is 0 Å². The summed E-state index contributed by atoms with van der Waals surface area (Å²) in [6, 6.07) is 7.76. The van der Waals surface area contributed by atoms with Gasteiger partial charge in [0.15, 0.2) is 0 Å². The molecule has 0 saturated carbocycles. The predicted octanol–water partition coefficient (Wildman–Crippen LogP) is 2.51. The van der Waals surface area contributed by atoms with Crippen LogP contribution in [0.1, 0.15) is 31.9 Å². The third kappa shape index (κ3) is 3.83. The number of rotatable bonds is 7. The Labute approximate surface area is 97.6 Å². The molecule has 1 aromatic rings. The van der Waals surface area contributed by atoms with Crippen LogP contribution in [0.3, 0.4) is 0 Å². The van der Waals surface area contributed by atoms with Crippen LogP contribution in [0.15, 0.2) is 24.3 Å². The van der Waals surface area contributed by atoms with Crippen molar-refractivity contribution in [1.29, 1.82) is 0 Å². The molecule has 3 heteroatoms. The zero-order valence-electron chi connectivity index (χ0n) is 10.1. The monoisotopic (exact) mass is 223 g/mol. The second-order valence-corrected chi connectivity index (χ2v) is 3.65. The molecule has 0 fully saturated rings. The summed E-state index contributed by atoms with van der Waals surface area (Å²) in [6.45, 7) is 5.99. The normalized spacial score (nSPS) is 12.4. The van der Waals surface area contributed by atoms with Crippen LogP contribution in [-0.4, -0.2) is 19.8 Å². The second-order valence-electron chi connectivity index (χ2n) is 3.65. The Morgan fingerprint density at radius 2 is 2.00 bits per heavy atom. The molecule has 1 rings (SSSR count). The van der Waals surface area contributed by atoms with Crippen LogP contribution in [0, 0.1) is 0 Å². The molecular formula is C13H21NO2. The van der Waals surface area contributed by atoms with E-state index >= 15 is 0 Å². The maximum atomic E-state index is 6.05. The van der Waals surface area contributed by atoms with E-state index in [1.54, 1.807) is 0 Å². The van der Waals surface area contributed by atoms with E-state index in [1.807, 2.05) is 31.2 Å². The summed E-state index contributed by atoms with van der Waals surface area (Å²) in [5, 5.41) is 0. The first-order valence-electron chi connectivity index (χ1n) is 5.84. The Morgan fingerprint density at radius 1 is 1.25 bits per heavy atom. The average molecular weight is 223 g/mol. The maximum absolute atomic E-state index is 6.05. The van der Waals surface area contributed by atoms with Crippen LogP contribution in [0.2, 0.25) is 0 Å². The number of para-hydroxylation sites is 1. The Kier molecular flexibility index (Phi) is 5.90. The van der Waals surface area contributed by atoms with Gasteiger partial charge >= 0.3 is 0 Å². The van der Waals surface area contributed by atoms with Crippen molar-refractivity contribution in [3.63, 3.8) is 0 Å². The van der Waals surface area contributed by atoms with Gasteiger partial charge in [-0.2, -0.15) is 0 Å². The molecule has 2 N–H and O–H groups in total. The third-order valence-electron chi connectivity index (χ3n) is 2.28. The molecule has 0 aromatic heterocycles. The van der Waals surface area contributed by atoms with Crippen LogP contribution in [-0.2, 0) is 4.74 Å². The Balaban J connectivity index is 2.68. The molecule has 0 aliphatic rings. The lowest BCUT2D eigenvalue weighted by Gasteiger charge is -2.16. The Hall–Kier alpha value is -1.06. The van der Waals surface area contributed by atoms with Gasteiger partial charge in [0.1, 0.15) is 5.75 Å². The van der Waals surface area contributed by atoms with Crippen LogP contribution in [0.4, 0.5) is 0 Å². The van der Waals surface area contributed by atoms with E-state index in [4.69, 9.17) is 15.2 Å². The van der Waals surface area contributed by atoms with Gasteiger partial charge in [-0.15, -0.1) is 0 Å². The lowest BCUT2D eigenvalue weighted by Crippen LogP contribution is -2.18. The first-order valence-corrected chi connectivity index (χ1v) is 5.84. The van der Waals surface area contributed by atoms with Gasteiger partial charge in [-0.1, -0.05) is 25.1 Å². The van der Waals surface area contributed by atoms with Crippen LogP contribution >= 0.6 is 0 Å². The van der Waals surface area contributed by atoms with Gasteiger partial charge in [0.2, 0.25) is 0 Å². The largest absolute Gasteiger partial charge is 0.493 e. The fraction of sp³-hybridized carbons (Fsp3) is 0.538. The van der Waals surface area contributed by atoms with Crippen molar-refractivity contribution < 1.29 is 9.47 Å². The molecule has 0 heterocycles. The van der Waals surface area contributed by atoms with Gasteiger partial charge in [-0.05, 0) is 19.4 Å². The fourth-order valence-corrected chi connectivity index (χ4v) is 1.46. The summed E-state index contributed by atoms with van der Waals surface area (Å²) >= 11 is 0. The number of hydrogen-bond acceptors (Lipinski definition) is 3. The Bertz CT molecular complexity index is 302. The molecular weight excluding hydrogens is 202 g/mol. The number of hydrogen-bond donors (Lipinski definition) is 1. The molecule has 0 bridgehead atoms. The highest BCUT2D eigenvalue weighted by Crippen LogP contribution is 2.23. The van der Waals surface area contributed by atoms with E-state index in [0.29, 0.717) is 13.2 Å². The third-order valence-corrected chi connectivity index (χ3v) is 2.28. The smallest absolute Gasteiger partial charge is 0.124 e. The minimum Gasteiger partial charge on any atom is -0.493 e. The van der Waals surface area contributed by atoms with Crippen molar-refractivity contribution in [2.75, 3.05) is 19.8 Å². The summed E-state index contributed by atoms with van der Waals surface area (Å²) in [6.07, 6.45) is 0.995. The SMILES string of the molecule is CCCOc1ccccc1C(N)COCC. The standard InChI is InChI=1S/C13H21NO2/c1-3-9-16-13-8-6-5-7-11(13)12(14)10-15-4-2/h5-8,12H,3-4,9-10,14H2,1-2H3. The van der Waals surface area contributed by atoms with Crippen molar-refractivity contribution in [2.24, 2.45) is 5.73 Å². The van der Waals surface area contributed by atoms with E-state index in [1.165, 1.54) is 0 Å². The summed E-state index contributed by atoms with van der Waals surface area (Å²) in [4.78, 5) is 0. The topological polar surface area (TPSA) is 44.5 Å². The van der Waals surface area contributed by atoms with E-state index in [9.17, 15) is 0 Å². The van der Waals surface area contributed by atoms with Gasteiger partial charge in [0.05, 0.1) is 19.3 Å². The molecule has 0 saturated heterocycles. The average Bonchev–Trinajstić information content (AvgIpc) is 2.33. The molecule has 0 radical (unpaired) electrons. The molecule has 3 nitrogen and oxygen atoms in total. The van der Waals surface area contributed by atoms with E-state index in [2.05, 4.69) is 6.92 Å².